The lowest BCUT2D eigenvalue weighted by Crippen LogP contribution is -2.17. The fourth-order valence-corrected chi connectivity index (χ4v) is 3.42. The van der Waals surface area contributed by atoms with E-state index < -0.39 is 11.9 Å². The molecule has 0 amide bonds. The molecule has 2 aromatic carbocycles. The van der Waals surface area contributed by atoms with Crippen LogP contribution in [0.1, 0.15) is 15.2 Å². The zero-order valence-electron chi connectivity index (χ0n) is 16.3. The van der Waals surface area contributed by atoms with Crippen LogP contribution >= 0.6 is 11.3 Å². The van der Waals surface area contributed by atoms with E-state index in [2.05, 4.69) is 20.3 Å². The van der Waals surface area contributed by atoms with Crippen LogP contribution in [-0.2, 0) is 9.53 Å². The van der Waals surface area contributed by atoms with E-state index in [0.717, 1.165) is 10.4 Å². The first kappa shape index (κ1) is 20.2. The molecule has 31 heavy (non-hydrogen) atoms. The van der Waals surface area contributed by atoms with Crippen molar-refractivity contribution >= 4 is 35.0 Å². The minimum atomic E-state index is -0.649. The summed E-state index contributed by atoms with van der Waals surface area (Å²) in [4.78, 5) is 25.5. The summed E-state index contributed by atoms with van der Waals surface area (Å²) in [5.41, 5.74) is 1.24. The highest BCUT2D eigenvalue weighted by Crippen LogP contribution is 2.24. The van der Waals surface area contributed by atoms with E-state index in [0.29, 0.717) is 11.4 Å². The van der Waals surface area contributed by atoms with Crippen LogP contribution in [0.15, 0.2) is 72.1 Å². The smallest absolute Gasteiger partial charge is 0.362 e. The van der Waals surface area contributed by atoms with E-state index in [1.54, 1.807) is 6.08 Å². The van der Waals surface area contributed by atoms with Crippen LogP contribution in [0, 0.1) is 0 Å². The maximum absolute atomic E-state index is 13.1. The number of hydrogen-bond donors (Lipinski definition) is 0. The molecule has 0 saturated carbocycles. The van der Waals surface area contributed by atoms with Crippen LogP contribution in [-0.4, -0.2) is 39.3 Å². The largest absolute Gasteiger partial charge is 0.465 e. The average Bonchev–Trinajstić information content (AvgIpc) is 3.50. The van der Waals surface area contributed by atoms with Gasteiger partial charge in [0.05, 0.1) is 12.7 Å². The van der Waals surface area contributed by atoms with Crippen LogP contribution in [0.5, 0.6) is 5.75 Å². The van der Waals surface area contributed by atoms with E-state index >= 15 is 0 Å². The second-order valence-electron chi connectivity index (χ2n) is 6.23. The number of thiophene rings is 1. The van der Waals surface area contributed by atoms with Gasteiger partial charge >= 0.3 is 11.9 Å². The summed E-state index contributed by atoms with van der Waals surface area (Å²) in [7, 11) is 1.30. The minimum Gasteiger partial charge on any atom is -0.465 e. The molecular formula is C22H16N4O4S. The number of esters is 2. The van der Waals surface area contributed by atoms with Crippen LogP contribution < -0.4 is 4.74 Å². The van der Waals surface area contributed by atoms with Gasteiger partial charge in [-0.1, -0.05) is 36.4 Å². The van der Waals surface area contributed by atoms with Crippen molar-refractivity contribution in [1.82, 2.24) is 20.2 Å². The number of carbonyl (C=O) groups is 2. The molecule has 0 bridgehead atoms. The Labute approximate surface area is 181 Å². The molecule has 0 spiro atoms. The maximum Gasteiger partial charge on any atom is 0.362 e. The van der Waals surface area contributed by atoms with Gasteiger partial charge in [-0.3, -0.25) is 0 Å². The summed E-state index contributed by atoms with van der Waals surface area (Å²) < 4.78 is 11.6. The van der Waals surface area contributed by atoms with Crippen molar-refractivity contribution in [3.63, 3.8) is 0 Å². The van der Waals surface area contributed by atoms with Gasteiger partial charge in [-0.2, -0.15) is 4.68 Å². The highest BCUT2D eigenvalue weighted by atomic mass is 32.1. The predicted octanol–water partition coefficient (Wildman–Crippen LogP) is 3.79. The molecule has 0 fully saturated rings. The Bertz CT molecular complexity index is 1220. The highest BCUT2D eigenvalue weighted by Gasteiger charge is 2.21. The molecule has 9 heteroatoms. The maximum atomic E-state index is 13.1. The molecule has 0 saturated heterocycles. The topological polar surface area (TPSA) is 96.2 Å². The van der Waals surface area contributed by atoms with E-state index in [4.69, 9.17) is 4.74 Å². The molecule has 2 aromatic heterocycles. The number of ether oxygens (including phenoxy) is 2. The molecule has 0 aliphatic heterocycles. The van der Waals surface area contributed by atoms with Gasteiger partial charge in [0.25, 0.3) is 0 Å². The van der Waals surface area contributed by atoms with Crippen molar-refractivity contribution in [3.05, 3.63) is 82.6 Å². The fourth-order valence-electron chi connectivity index (χ4n) is 2.77. The van der Waals surface area contributed by atoms with E-state index in [-0.39, 0.29) is 11.4 Å². The van der Waals surface area contributed by atoms with Crippen LogP contribution in [0.25, 0.3) is 23.2 Å². The van der Waals surface area contributed by atoms with Crippen LogP contribution in [0.4, 0.5) is 0 Å². The Morgan fingerprint density at radius 2 is 1.77 bits per heavy atom. The molecule has 4 aromatic rings. The Morgan fingerprint density at radius 3 is 2.45 bits per heavy atom. The van der Waals surface area contributed by atoms with Crippen LogP contribution in [0.3, 0.4) is 0 Å². The number of rotatable bonds is 6. The zero-order chi connectivity index (χ0) is 21.6. The molecule has 2 heterocycles. The molecule has 0 atom stereocenters. The lowest BCUT2D eigenvalue weighted by atomic mass is 10.2. The van der Waals surface area contributed by atoms with Crippen molar-refractivity contribution in [2.75, 3.05) is 7.11 Å². The molecule has 0 N–H and O–H groups in total. The van der Waals surface area contributed by atoms with Gasteiger partial charge in [0.1, 0.15) is 5.75 Å². The van der Waals surface area contributed by atoms with Gasteiger partial charge in [0.15, 0.2) is 11.5 Å². The normalized spacial score (nSPS) is 11.2. The molecule has 0 aliphatic carbocycles. The highest BCUT2D eigenvalue weighted by molar-refractivity contribution is 7.10. The Hall–Kier alpha value is -4.11. The first-order chi connectivity index (χ1) is 15.2. The number of aromatic nitrogens is 4. The molecule has 154 valence electrons. The second kappa shape index (κ2) is 9.14. The standard InChI is InChI=1S/C22H16N4O4S/c1-29-21(27)16-9-11-17(12-10-16)30-22(28)19(14-18-8-5-13-31-18)26-20(23-24-25-26)15-6-3-2-4-7-15/h2-14H,1H3/b19-14-. The lowest BCUT2D eigenvalue weighted by Gasteiger charge is -2.10. The third kappa shape index (κ3) is 4.57. The van der Waals surface area contributed by atoms with Gasteiger partial charge < -0.3 is 9.47 Å². The SMILES string of the molecule is COC(=O)c1ccc(OC(=O)/C(=C/c2cccs2)n2nnnc2-c2ccccc2)cc1. The predicted molar refractivity (Wildman–Crippen MR) is 115 cm³/mol. The number of tetrazole rings is 1. The summed E-state index contributed by atoms with van der Waals surface area (Å²) in [5.74, 6) is -0.452. The van der Waals surface area contributed by atoms with E-state index in [9.17, 15) is 9.59 Å². The Balaban J connectivity index is 1.68. The van der Waals surface area contributed by atoms with Gasteiger partial charge in [0, 0.05) is 10.4 Å². The number of hydrogen-bond acceptors (Lipinski definition) is 8. The Kier molecular flexibility index (Phi) is 5.95. The number of carbonyl (C=O) groups excluding carboxylic acids is 2. The molecule has 4 rings (SSSR count). The summed E-state index contributed by atoms with van der Waals surface area (Å²) in [6.07, 6.45) is 1.67. The summed E-state index contributed by atoms with van der Waals surface area (Å²) in [5, 5.41) is 13.7. The van der Waals surface area contributed by atoms with Gasteiger partial charge in [-0.25, -0.2) is 9.59 Å². The van der Waals surface area contributed by atoms with Gasteiger partial charge in [-0.05, 0) is 52.2 Å². The first-order valence-corrected chi connectivity index (χ1v) is 10.0. The van der Waals surface area contributed by atoms with E-state index in [1.165, 1.54) is 47.4 Å². The molecule has 8 nitrogen and oxygen atoms in total. The molecule has 0 unspecified atom stereocenters. The molecule has 0 aliphatic rings. The summed E-state index contributed by atoms with van der Waals surface area (Å²) >= 11 is 1.46. The fraction of sp³-hybridized carbons (Fsp3) is 0.0455. The van der Waals surface area contributed by atoms with Crippen molar-refractivity contribution in [2.24, 2.45) is 0 Å². The zero-order valence-corrected chi connectivity index (χ0v) is 17.2. The summed E-state index contributed by atoms with van der Waals surface area (Å²) in [6, 6.07) is 19.1. The number of methoxy groups -OCH3 is 1. The third-order valence-corrected chi connectivity index (χ3v) is 5.07. The van der Waals surface area contributed by atoms with Crippen molar-refractivity contribution in [3.8, 4) is 17.1 Å². The van der Waals surface area contributed by atoms with E-state index in [1.807, 2.05) is 47.8 Å². The second-order valence-corrected chi connectivity index (χ2v) is 7.21. The van der Waals surface area contributed by atoms with Crippen molar-refractivity contribution < 1.29 is 19.1 Å². The summed E-state index contributed by atoms with van der Waals surface area (Å²) in [6.45, 7) is 0. The third-order valence-electron chi connectivity index (χ3n) is 4.25. The van der Waals surface area contributed by atoms with Gasteiger partial charge in [0.2, 0.25) is 0 Å². The minimum absolute atomic E-state index is 0.142. The quantitative estimate of drug-likeness (QED) is 0.260. The Morgan fingerprint density at radius 1 is 1.00 bits per heavy atom. The number of nitrogens with zero attached hydrogens (tertiary/aromatic N) is 4. The first-order valence-electron chi connectivity index (χ1n) is 9.15. The number of benzene rings is 2. The molecule has 0 radical (unpaired) electrons. The average molecular weight is 432 g/mol. The van der Waals surface area contributed by atoms with Crippen molar-refractivity contribution in [2.45, 2.75) is 0 Å². The lowest BCUT2D eigenvalue weighted by molar-refractivity contribution is -0.128. The van der Waals surface area contributed by atoms with Crippen molar-refractivity contribution in [1.29, 1.82) is 0 Å². The van der Waals surface area contributed by atoms with Crippen LogP contribution in [0.2, 0.25) is 0 Å². The molecular weight excluding hydrogens is 416 g/mol. The monoisotopic (exact) mass is 432 g/mol. The van der Waals surface area contributed by atoms with Gasteiger partial charge in [-0.15, -0.1) is 16.4 Å².